The molecule has 1 aromatic heterocycles. The molecule has 4 rings (SSSR count). The van der Waals surface area contributed by atoms with Crippen LogP contribution in [0.5, 0.6) is 0 Å². The number of hydrogen-bond donors (Lipinski definition) is 1. The Balaban J connectivity index is 1.70. The molecule has 0 atom stereocenters. The number of nitrogens with zero attached hydrogens (tertiary/aromatic N) is 1. The van der Waals surface area contributed by atoms with Crippen molar-refractivity contribution in [3.8, 4) is 0 Å². The van der Waals surface area contributed by atoms with Crippen LogP contribution in [0.3, 0.4) is 0 Å². The zero-order chi connectivity index (χ0) is 17.8. The van der Waals surface area contributed by atoms with Crippen molar-refractivity contribution in [1.29, 1.82) is 0 Å². The quantitative estimate of drug-likeness (QED) is 0.756. The van der Waals surface area contributed by atoms with Crippen LogP contribution >= 0.6 is 11.6 Å². The average Bonchev–Trinajstić information content (AvgIpc) is 3.28. The summed E-state index contributed by atoms with van der Waals surface area (Å²) in [6.45, 7) is 0. The van der Waals surface area contributed by atoms with Crippen molar-refractivity contribution < 1.29 is 12.8 Å². The number of halogens is 1. The predicted molar refractivity (Wildman–Crippen MR) is 94.1 cm³/mol. The minimum Gasteiger partial charge on any atom is -0.408 e. The molecule has 1 aliphatic rings. The van der Waals surface area contributed by atoms with Crippen LogP contribution < -0.4 is 10.5 Å². The molecule has 1 N–H and O–H groups in total. The van der Waals surface area contributed by atoms with Gasteiger partial charge in [0.2, 0.25) is 10.0 Å². The lowest BCUT2D eigenvalue weighted by Gasteiger charge is -2.18. The molecule has 0 amide bonds. The fraction of sp³-hybridized carbons (Fsp3) is 0.235. The van der Waals surface area contributed by atoms with Crippen LogP contribution in [0.2, 0.25) is 5.02 Å². The van der Waals surface area contributed by atoms with E-state index in [9.17, 15) is 13.2 Å². The highest BCUT2D eigenvalue weighted by Crippen LogP contribution is 2.46. The number of fused-ring (bicyclic) bond motifs is 1. The van der Waals surface area contributed by atoms with Gasteiger partial charge in [-0.05, 0) is 42.7 Å². The summed E-state index contributed by atoms with van der Waals surface area (Å²) in [6.07, 6.45) is 1.44. The van der Waals surface area contributed by atoms with E-state index < -0.39 is 21.3 Å². The molecule has 0 saturated heterocycles. The Labute approximate surface area is 149 Å². The molecule has 1 saturated carbocycles. The van der Waals surface area contributed by atoms with E-state index in [-0.39, 0.29) is 10.5 Å². The molecule has 0 aliphatic heterocycles. The van der Waals surface area contributed by atoms with E-state index in [1.54, 1.807) is 25.2 Å². The van der Waals surface area contributed by atoms with E-state index in [0.29, 0.717) is 10.5 Å². The summed E-state index contributed by atoms with van der Waals surface area (Å²) in [4.78, 5) is 11.6. The third-order valence-electron chi connectivity index (χ3n) is 4.55. The molecule has 2 aromatic carbocycles. The van der Waals surface area contributed by atoms with Crippen molar-refractivity contribution in [2.24, 2.45) is 7.05 Å². The van der Waals surface area contributed by atoms with Gasteiger partial charge in [-0.25, -0.2) is 17.9 Å². The maximum atomic E-state index is 12.8. The van der Waals surface area contributed by atoms with Gasteiger partial charge < -0.3 is 4.42 Å². The Bertz CT molecular complexity index is 1130. The SMILES string of the molecule is Cn1c(=O)oc2cc(S(=O)(=O)NC3(c4ccc(Cl)cc4)CC3)ccc21. The smallest absolute Gasteiger partial charge is 0.408 e. The zero-order valence-electron chi connectivity index (χ0n) is 13.3. The number of hydrogen-bond acceptors (Lipinski definition) is 4. The molecule has 0 radical (unpaired) electrons. The van der Waals surface area contributed by atoms with Crippen LogP contribution in [0.4, 0.5) is 0 Å². The Morgan fingerprint density at radius 1 is 1.16 bits per heavy atom. The van der Waals surface area contributed by atoms with Crippen LogP contribution in [-0.2, 0) is 22.6 Å². The van der Waals surface area contributed by atoms with Gasteiger partial charge in [-0.15, -0.1) is 0 Å². The van der Waals surface area contributed by atoms with Gasteiger partial charge in [0.25, 0.3) is 0 Å². The minimum atomic E-state index is -3.76. The first-order valence-corrected chi connectivity index (χ1v) is 9.56. The van der Waals surface area contributed by atoms with Crippen molar-refractivity contribution in [2.75, 3.05) is 0 Å². The predicted octanol–water partition coefficient (Wildman–Crippen LogP) is 2.75. The van der Waals surface area contributed by atoms with Crippen LogP contribution in [-0.4, -0.2) is 13.0 Å². The Kier molecular flexibility index (Phi) is 3.57. The second-order valence-electron chi connectivity index (χ2n) is 6.25. The molecular formula is C17H15ClN2O4S. The molecule has 3 aromatic rings. The largest absolute Gasteiger partial charge is 0.419 e. The Morgan fingerprint density at radius 3 is 2.48 bits per heavy atom. The van der Waals surface area contributed by atoms with Crippen LogP contribution in [0.15, 0.2) is 56.6 Å². The van der Waals surface area contributed by atoms with E-state index in [4.69, 9.17) is 16.0 Å². The highest BCUT2D eigenvalue weighted by atomic mass is 35.5. The molecule has 0 spiro atoms. The summed E-state index contributed by atoms with van der Waals surface area (Å²) in [5, 5.41) is 0.604. The van der Waals surface area contributed by atoms with Gasteiger partial charge in [-0.2, -0.15) is 0 Å². The summed E-state index contributed by atoms with van der Waals surface area (Å²) in [5.41, 5.74) is 1.07. The van der Waals surface area contributed by atoms with Crippen molar-refractivity contribution >= 4 is 32.7 Å². The molecule has 8 heteroatoms. The molecule has 1 heterocycles. The monoisotopic (exact) mass is 378 g/mol. The first kappa shape index (κ1) is 16.4. The molecule has 6 nitrogen and oxygen atoms in total. The Hall–Kier alpha value is -2.09. The van der Waals surface area contributed by atoms with Gasteiger partial charge in [0.05, 0.1) is 16.0 Å². The van der Waals surface area contributed by atoms with E-state index in [2.05, 4.69) is 4.72 Å². The fourth-order valence-corrected chi connectivity index (χ4v) is 4.53. The minimum absolute atomic E-state index is 0.0644. The molecule has 0 bridgehead atoms. The molecule has 1 aliphatic carbocycles. The van der Waals surface area contributed by atoms with Gasteiger partial charge in [0.15, 0.2) is 5.58 Å². The van der Waals surface area contributed by atoms with Crippen LogP contribution in [0.25, 0.3) is 11.1 Å². The first-order valence-electron chi connectivity index (χ1n) is 7.70. The highest BCUT2D eigenvalue weighted by molar-refractivity contribution is 7.89. The number of aryl methyl sites for hydroxylation is 1. The van der Waals surface area contributed by atoms with Gasteiger partial charge in [-0.3, -0.25) is 4.57 Å². The van der Waals surface area contributed by atoms with E-state index >= 15 is 0 Å². The number of oxazole rings is 1. The summed E-state index contributed by atoms with van der Waals surface area (Å²) < 4.78 is 34.8. The van der Waals surface area contributed by atoms with Crippen molar-refractivity contribution in [1.82, 2.24) is 9.29 Å². The molecular weight excluding hydrogens is 364 g/mol. The average molecular weight is 379 g/mol. The van der Waals surface area contributed by atoms with E-state index in [1.165, 1.54) is 16.7 Å². The van der Waals surface area contributed by atoms with Crippen molar-refractivity contribution in [3.63, 3.8) is 0 Å². The lowest BCUT2D eigenvalue weighted by Crippen LogP contribution is -2.34. The number of aromatic nitrogens is 1. The molecule has 25 heavy (non-hydrogen) atoms. The standard InChI is InChI=1S/C17H15ClN2O4S/c1-20-14-7-6-13(10-15(14)24-16(20)21)25(22,23)19-17(8-9-17)11-2-4-12(18)5-3-11/h2-7,10,19H,8-9H2,1H3. The number of sulfonamides is 1. The maximum Gasteiger partial charge on any atom is 0.419 e. The van der Waals surface area contributed by atoms with E-state index in [0.717, 1.165) is 18.4 Å². The van der Waals surface area contributed by atoms with E-state index in [1.807, 2.05) is 12.1 Å². The zero-order valence-corrected chi connectivity index (χ0v) is 14.9. The maximum absolute atomic E-state index is 12.8. The number of nitrogens with one attached hydrogen (secondary N) is 1. The highest BCUT2D eigenvalue weighted by Gasteiger charge is 2.47. The Morgan fingerprint density at radius 2 is 1.84 bits per heavy atom. The lowest BCUT2D eigenvalue weighted by molar-refractivity contribution is 0.526. The molecule has 130 valence electrons. The lowest BCUT2D eigenvalue weighted by atomic mass is 10.1. The third-order valence-corrected chi connectivity index (χ3v) is 6.34. The van der Waals surface area contributed by atoms with Crippen LogP contribution in [0.1, 0.15) is 18.4 Å². The third kappa shape index (κ3) is 2.78. The second-order valence-corrected chi connectivity index (χ2v) is 8.37. The molecule has 0 unspecified atom stereocenters. The van der Waals surface area contributed by atoms with Gasteiger partial charge in [0.1, 0.15) is 0 Å². The fourth-order valence-electron chi connectivity index (χ4n) is 2.94. The van der Waals surface area contributed by atoms with Crippen molar-refractivity contribution in [2.45, 2.75) is 23.3 Å². The number of benzene rings is 2. The normalized spacial score (nSPS) is 16.2. The van der Waals surface area contributed by atoms with Gasteiger partial charge in [0, 0.05) is 18.1 Å². The van der Waals surface area contributed by atoms with Gasteiger partial charge >= 0.3 is 5.76 Å². The van der Waals surface area contributed by atoms with Crippen molar-refractivity contribution in [3.05, 3.63) is 63.6 Å². The summed E-state index contributed by atoms with van der Waals surface area (Å²) in [6, 6.07) is 11.6. The summed E-state index contributed by atoms with van der Waals surface area (Å²) in [7, 11) is -2.19. The second kappa shape index (κ2) is 5.45. The molecule has 1 fully saturated rings. The summed E-state index contributed by atoms with van der Waals surface area (Å²) >= 11 is 5.90. The summed E-state index contributed by atoms with van der Waals surface area (Å²) in [5.74, 6) is -0.530. The van der Waals surface area contributed by atoms with Gasteiger partial charge in [-0.1, -0.05) is 23.7 Å². The topological polar surface area (TPSA) is 81.3 Å². The first-order chi connectivity index (χ1) is 11.8. The van der Waals surface area contributed by atoms with Crippen LogP contribution in [0, 0.1) is 0 Å². The number of rotatable bonds is 4.